The Labute approximate surface area is 194 Å². The molecular formula is C27H27FN2O3. The lowest BCUT2D eigenvalue weighted by Gasteiger charge is -2.11. The highest BCUT2D eigenvalue weighted by Crippen LogP contribution is 2.23. The maximum atomic E-state index is 14.3. The summed E-state index contributed by atoms with van der Waals surface area (Å²) in [6.45, 7) is 4.10. The van der Waals surface area contributed by atoms with Gasteiger partial charge >= 0.3 is 0 Å². The molecule has 0 spiro atoms. The molecule has 0 amide bonds. The Balaban J connectivity index is 1.61. The summed E-state index contributed by atoms with van der Waals surface area (Å²) in [7, 11) is 1.62. The molecular weight excluding hydrogens is 419 g/mol. The average Bonchev–Trinajstić information content (AvgIpc) is 2.83. The second-order valence-electron chi connectivity index (χ2n) is 7.57. The fourth-order valence-electron chi connectivity index (χ4n) is 3.33. The van der Waals surface area contributed by atoms with E-state index < -0.39 is 5.92 Å². The number of hydrogen-bond acceptors (Lipinski definition) is 5. The normalized spacial score (nSPS) is 11.3. The number of carbonyl (C=O) groups is 1. The Hall–Kier alpha value is -3.72. The predicted octanol–water partition coefficient (Wildman–Crippen LogP) is 5.19. The molecule has 1 heterocycles. The molecule has 0 saturated carbocycles. The Morgan fingerprint density at radius 2 is 1.85 bits per heavy atom. The maximum absolute atomic E-state index is 14.3. The van der Waals surface area contributed by atoms with Gasteiger partial charge in [-0.15, -0.1) is 0 Å². The van der Waals surface area contributed by atoms with Gasteiger partial charge in [0.1, 0.15) is 36.0 Å². The van der Waals surface area contributed by atoms with Gasteiger partial charge in [0, 0.05) is 18.4 Å². The first-order valence-corrected chi connectivity index (χ1v) is 10.9. The maximum Gasteiger partial charge on any atom is 0.218 e. The smallest absolute Gasteiger partial charge is 0.218 e. The van der Waals surface area contributed by atoms with Crippen molar-refractivity contribution in [1.29, 1.82) is 0 Å². The third kappa shape index (κ3) is 6.88. The zero-order chi connectivity index (χ0) is 23.6. The molecule has 1 aromatic heterocycles. The van der Waals surface area contributed by atoms with Crippen LogP contribution >= 0.6 is 0 Å². The minimum atomic E-state index is -0.527. The van der Waals surface area contributed by atoms with E-state index in [2.05, 4.69) is 21.8 Å². The SMILES string of the molecule is CCc1ccc(C(C=O)CCC#Cc2cc(OCc3ccc(OC)cc3)nc(C)n2)c(F)c1. The molecule has 0 bridgehead atoms. The molecule has 2 aromatic carbocycles. The van der Waals surface area contributed by atoms with Gasteiger partial charge in [0.15, 0.2) is 0 Å². The third-order valence-corrected chi connectivity index (χ3v) is 5.19. The first-order valence-electron chi connectivity index (χ1n) is 10.9. The molecule has 170 valence electrons. The van der Waals surface area contributed by atoms with Gasteiger partial charge in [0.25, 0.3) is 0 Å². The van der Waals surface area contributed by atoms with E-state index >= 15 is 0 Å². The molecule has 3 aromatic rings. The van der Waals surface area contributed by atoms with Crippen LogP contribution in [0.2, 0.25) is 0 Å². The van der Waals surface area contributed by atoms with Crippen LogP contribution in [0.5, 0.6) is 11.6 Å². The Morgan fingerprint density at radius 1 is 1.09 bits per heavy atom. The second-order valence-corrected chi connectivity index (χ2v) is 7.57. The number of aryl methyl sites for hydroxylation is 2. The van der Waals surface area contributed by atoms with Crippen LogP contribution in [0.3, 0.4) is 0 Å². The van der Waals surface area contributed by atoms with Gasteiger partial charge in [-0.1, -0.05) is 37.1 Å². The van der Waals surface area contributed by atoms with Crippen LogP contribution < -0.4 is 9.47 Å². The number of aromatic nitrogens is 2. The second kappa shape index (κ2) is 11.8. The Morgan fingerprint density at radius 3 is 2.52 bits per heavy atom. The van der Waals surface area contributed by atoms with Crippen molar-refractivity contribution in [2.45, 2.75) is 45.6 Å². The number of benzene rings is 2. The van der Waals surface area contributed by atoms with Crippen LogP contribution in [0.15, 0.2) is 48.5 Å². The first-order chi connectivity index (χ1) is 16.0. The van der Waals surface area contributed by atoms with Crippen molar-refractivity contribution in [3.63, 3.8) is 0 Å². The zero-order valence-corrected chi connectivity index (χ0v) is 19.1. The highest BCUT2D eigenvalue weighted by molar-refractivity contribution is 5.62. The molecule has 1 atom stereocenters. The van der Waals surface area contributed by atoms with Crippen molar-refractivity contribution in [3.05, 3.63) is 82.6 Å². The van der Waals surface area contributed by atoms with Crippen molar-refractivity contribution in [2.24, 2.45) is 0 Å². The van der Waals surface area contributed by atoms with Crippen LogP contribution in [-0.4, -0.2) is 23.4 Å². The van der Waals surface area contributed by atoms with Gasteiger partial charge in [0.05, 0.1) is 7.11 Å². The van der Waals surface area contributed by atoms with E-state index in [-0.39, 0.29) is 5.82 Å². The van der Waals surface area contributed by atoms with E-state index in [1.165, 1.54) is 6.07 Å². The molecule has 1 unspecified atom stereocenters. The van der Waals surface area contributed by atoms with Crippen LogP contribution in [0.4, 0.5) is 4.39 Å². The van der Waals surface area contributed by atoms with Crippen molar-refractivity contribution in [2.75, 3.05) is 7.11 Å². The minimum Gasteiger partial charge on any atom is -0.497 e. The van der Waals surface area contributed by atoms with Crippen molar-refractivity contribution in [3.8, 4) is 23.5 Å². The van der Waals surface area contributed by atoms with Crippen LogP contribution in [0.1, 0.15) is 53.9 Å². The zero-order valence-electron chi connectivity index (χ0n) is 19.1. The third-order valence-electron chi connectivity index (χ3n) is 5.19. The van der Waals surface area contributed by atoms with Crippen LogP contribution in [0, 0.1) is 24.6 Å². The lowest BCUT2D eigenvalue weighted by Crippen LogP contribution is -2.04. The topological polar surface area (TPSA) is 61.3 Å². The fraction of sp³-hybridized carbons (Fsp3) is 0.296. The summed E-state index contributed by atoms with van der Waals surface area (Å²) in [5.74, 6) is 6.93. The molecule has 5 nitrogen and oxygen atoms in total. The van der Waals surface area contributed by atoms with Gasteiger partial charge in [-0.3, -0.25) is 0 Å². The molecule has 0 aliphatic carbocycles. The lowest BCUT2D eigenvalue weighted by molar-refractivity contribution is -0.109. The van der Waals surface area contributed by atoms with Gasteiger partial charge in [0.2, 0.25) is 5.88 Å². The largest absolute Gasteiger partial charge is 0.497 e. The number of hydrogen-bond donors (Lipinski definition) is 0. The number of aldehydes is 1. The fourth-order valence-corrected chi connectivity index (χ4v) is 3.33. The summed E-state index contributed by atoms with van der Waals surface area (Å²) in [4.78, 5) is 20.2. The van der Waals surface area contributed by atoms with E-state index in [4.69, 9.17) is 9.47 Å². The molecule has 33 heavy (non-hydrogen) atoms. The van der Waals surface area contributed by atoms with E-state index in [0.29, 0.717) is 42.4 Å². The summed E-state index contributed by atoms with van der Waals surface area (Å²) in [5.41, 5.74) is 2.84. The number of carbonyl (C=O) groups excluding carboxylic acids is 1. The van der Waals surface area contributed by atoms with E-state index in [0.717, 1.165) is 29.6 Å². The molecule has 0 N–H and O–H groups in total. The highest BCUT2D eigenvalue weighted by Gasteiger charge is 2.14. The molecule has 0 fully saturated rings. The van der Waals surface area contributed by atoms with Crippen LogP contribution in [0.25, 0.3) is 0 Å². The molecule has 0 aliphatic heterocycles. The molecule has 0 saturated heterocycles. The Kier molecular flexibility index (Phi) is 8.54. The molecule has 3 rings (SSSR count). The number of nitrogens with zero attached hydrogens (tertiary/aromatic N) is 2. The summed E-state index contributed by atoms with van der Waals surface area (Å²) in [6, 6.07) is 14.3. The monoisotopic (exact) mass is 446 g/mol. The van der Waals surface area contributed by atoms with E-state index in [1.54, 1.807) is 26.2 Å². The Bertz CT molecular complexity index is 1150. The number of methoxy groups -OCH3 is 1. The van der Waals surface area contributed by atoms with Crippen molar-refractivity contribution >= 4 is 6.29 Å². The van der Waals surface area contributed by atoms with Gasteiger partial charge in [-0.2, -0.15) is 4.98 Å². The predicted molar refractivity (Wildman–Crippen MR) is 125 cm³/mol. The lowest BCUT2D eigenvalue weighted by atomic mass is 9.94. The number of halogens is 1. The summed E-state index contributed by atoms with van der Waals surface area (Å²) < 4.78 is 25.3. The molecule has 6 heteroatoms. The minimum absolute atomic E-state index is 0.343. The average molecular weight is 447 g/mol. The summed E-state index contributed by atoms with van der Waals surface area (Å²) >= 11 is 0. The quantitative estimate of drug-likeness (QED) is 0.334. The molecule has 0 radical (unpaired) electrons. The summed E-state index contributed by atoms with van der Waals surface area (Å²) in [5, 5.41) is 0. The summed E-state index contributed by atoms with van der Waals surface area (Å²) in [6.07, 6.45) is 2.40. The van der Waals surface area contributed by atoms with E-state index in [1.807, 2.05) is 37.3 Å². The van der Waals surface area contributed by atoms with Crippen molar-refractivity contribution < 1.29 is 18.7 Å². The van der Waals surface area contributed by atoms with Gasteiger partial charge in [-0.05, 0) is 60.6 Å². The van der Waals surface area contributed by atoms with Crippen LogP contribution in [-0.2, 0) is 17.8 Å². The van der Waals surface area contributed by atoms with Gasteiger partial charge < -0.3 is 14.3 Å². The first kappa shape index (κ1) is 23.9. The van der Waals surface area contributed by atoms with Crippen molar-refractivity contribution in [1.82, 2.24) is 9.97 Å². The number of rotatable bonds is 9. The standard InChI is InChI=1S/C27H27FN2O3/c1-4-20-11-14-25(26(28)15-20)22(17-31)7-5-6-8-23-16-27(30-19(2)29-23)33-18-21-9-12-24(32-3)13-10-21/h9-17,22H,4-5,7,18H2,1-3H3. The van der Waals surface area contributed by atoms with E-state index in [9.17, 15) is 9.18 Å². The molecule has 0 aliphatic rings. The number of ether oxygens (including phenoxy) is 2. The highest BCUT2D eigenvalue weighted by atomic mass is 19.1. The van der Waals surface area contributed by atoms with Gasteiger partial charge in [-0.25, -0.2) is 9.37 Å².